The highest BCUT2D eigenvalue weighted by molar-refractivity contribution is 5.44. The second kappa shape index (κ2) is 4.65. The Hall–Kier alpha value is -1.09. The lowest BCUT2D eigenvalue weighted by Gasteiger charge is -2.35. The van der Waals surface area contributed by atoms with Crippen LogP contribution in [0.1, 0.15) is 43.2 Å². The van der Waals surface area contributed by atoms with Crippen LogP contribution in [0.3, 0.4) is 0 Å². The molecular weight excluding hydrogens is 217 g/mol. The van der Waals surface area contributed by atoms with Crippen molar-refractivity contribution in [3.05, 3.63) is 29.1 Å². The van der Waals surface area contributed by atoms with Crippen molar-refractivity contribution in [3.63, 3.8) is 0 Å². The molecule has 2 nitrogen and oxygen atoms in total. The van der Waals surface area contributed by atoms with Crippen molar-refractivity contribution in [1.82, 2.24) is 0 Å². The fraction of sp³-hybridized carbons (Fsp3) is 0.571. The van der Waals surface area contributed by atoms with E-state index in [0.29, 0.717) is 5.56 Å². The van der Waals surface area contributed by atoms with Gasteiger partial charge in [-0.3, -0.25) is 0 Å². The number of hydrogen-bond donors (Lipinski definition) is 1. The molecule has 0 atom stereocenters. The molecule has 1 aliphatic carbocycles. The van der Waals surface area contributed by atoms with Crippen molar-refractivity contribution in [2.75, 3.05) is 7.11 Å². The Labute approximate surface area is 102 Å². The molecule has 17 heavy (non-hydrogen) atoms. The van der Waals surface area contributed by atoms with E-state index in [1.165, 1.54) is 12.5 Å². The van der Waals surface area contributed by atoms with Gasteiger partial charge in [0.15, 0.2) is 0 Å². The van der Waals surface area contributed by atoms with Gasteiger partial charge in [0.2, 0.25) is 0 Å². The van der Waals surface area contributed by atoms with Crippen molar-refractivity contribution >= 4 is 0 Å². The van der Waals surface area contributed by atoms with Gasteiger partial charge in [0.05, 0.1) is 7.11 Å². The first kappa shape index (κ1) is 12.4. The smallest absolute Gasteiger partial charge is 0.128 e. The Morgan fingerprint density at radius 3 is 2.47 bits per heavy atom. The third kappa shape index (κ3) is 2.16. The largest absolute Gasteiger partial charge is 0.496 e. The number of rotatable bonds is 2. The zero-order valence-corrected chi connectivity index (χ0v) is 10.6. The van der Waals surface area contributed by atoms with E-state index < -0.39 is 5.54 Å². The number of halogens is 1. The molecule has 94 valence electrons. The average Bonchev–Trinajstić information content (AvgIpc) is 2.30. The van der Waals surface area contributed by atoms with Gasteiger partial charge >= 0.3 is 0 Å². The summed E-state index contributed by atoms with van der Waals surface area (Å²) in [6, 6.07) is 3.13. The third-order valence-electron chi connectivity index (χ3n) is 3.83. The van der Waals surface area contributed by atoms with E-state index in [0.717, 1.165) is 37.0 Å². The van der Waals surface area contributed by atoms with Crippen LogP contribution < -0.4 is 10.5 Å². The highest BCUT2D eigenvalue weighted by Gasteiger charge is 2.34. The third-order valence-corrected chi connectivity index (χ3v) is 3.83. The van der Waals surface area contributed by atoms with Gasteiger partial charge in [0, 0.05) is 11.1 Å². The summed E-state index contributed by atoms with van der Waals surface area (Å²) < 4.78 is 19.3. The molecule has 2 rings (SSSR count). The topological polar surface area (TPSA) is 35.2 Å². The molecule has 0 unspecified atom stereocenters. The molecule has 0 radical (unpaired) electrons. The molecule has 0 aliphatic heterocycles. The van der Waals surface area contributed by atoms with Gasteiger partial charge in [-0.1, -0.05) is 19.3 Å². The summed E-state index contributed by atoms with van der Waals surface area (Å²) in [5.74, 6) is 0.518. The molecule has 0 heterocycles. The number of methoxy groups -OCH3 is 1. The molecule has 1 aliphatic rings. The van der Waals surface area contributed by atoms with Crippen molar-refractivity contribution < 1.29 is 9.13 Å². The predicted octanol–water partition coefficient (Wildman–Crippen LogP) is 3.26. The molecule has 1 fully saturated rings. The number of hydrogen-bond acceptors (Lipinski definition) is 2. The molecule has 0 aromatic heterocycles. The Bertz CT molecular complexity index is 411. The first-order chi connectivity index (χ1) is 8.08. The minimum Gasteiger partial charge on any atom is -0.496 e. The molecule has 0 saturated heterocycles. The summed E-state index contributed by atoms with van der Waals surface area (Å²) in [5.41, 5.74) is 7.39. The number of nitrogens with two attached hydrogens (primary N) is 1. The molecule has 3 heteroatoms. The average molecular weight is 237 g/mol. The minimum absolute atomic E-state index is 0.201. The number of benzene rings is 1. The quantitative estimate of drug-likeness (QED) is 0.856. The molecule has 1 aromatic carbocycles. The maximum absolute atomic E-state index is 14.1. The lowest BCUT2D eigenvalue weighted by Crippen LogP contribution is -2.40. The SMILES string of the molecule is COc1ccc(F)c(C2(N)CCCCC2)c1C. The molecule has 0 spiro atoms. The van der Waals surface area contributed by atoms with E-state index in [1.807, 2.05) is 6.92 Å². The standard InChI is InChI=1S/C14H20FNO/c1-10-12(17-2)7-6-11(15)13(10)14(16)8-4-3-5-9-14/h6-7H,3-5,8-9,16H2,1-2H3. The van der Waals surface area contributed by atoms with Crippen LogP contribution in [0.25, 0.3) is 0 Å². The normalized spacial score (nSPS) is 19.1. The Morgan fingerprint density at radius 1 is 1.24 bits per heavy atom. The van der Waals surface area contributed by atoms with Crippen molar-refractivity contribution in [3.8, 4) is 5.75 Å². The minimum atomic E-state index is -0.513. The van der Waals surface area contributed by atoms with E-state index in [9.17, 15) is 4.39 Å². The molecular formula is C14H20FNO. The summed E-state index contributed by atoms with van der Waals surface area (Å²) in [7, 11) is 1.61. The van der Waals surface area contributed by atoms with Crippen LogP contribution in [0.15, 0.2) is 12.1 Å². The van der Waals surface area contributed by atoms with Crippen LogP contribution in [0.5, 0.6) is 5.75 Å². The van der Waals surface area contributed by atoms with Crippen LogP contribution in [0.2, 0.25) is 0 Å². The van der Waals surface area contributed by atoms with Crippen LogP contribution in [0.4, 0.5) is 4.39 Å². The van der Waals surface area contributed by atoms with Gasteiger partial charge in [-0.25, -0.2) is 4.39 Å². The highest BCUT2D eigenvalue weighted by atomic mass is 19.1. The van der Waals surface area contributed by atoms with Crippen LogP contribution in [-0.4, -0.2) is 7.11 Å². The van der Waals surface area contributed by atoms with E-state index in [4.69, 9.17) is 10.5 Å². The summed E-state index contributed by atoms with van der Waals surface area (Å²) >= 11 is 0. The van der Waals surface area contributed by atoms with Crippen LogP contribution in [0, 0.1) is 12.7 Å². The maximum Gasteiger partial charge on any atom is 0.128 e. The maximum atomic E-state index is 14.1. The Morgan fingerprint density at radius 2 is 1.88 bits per heavy atom. The van der Waals surface area contributed by atoms with Gasteiger partial charge in [0.1, 0.15) is 11.6 Å². The van der Waals surface area contributed by atoms with Crippen molar-refractivity contribution in [1.29, 1.82) is 0 Å². The molecule has 0 amide bonds. The lowest BCUT2D eigenvalue weighted by molar-refractivity contribution is 0.289. The van der Waals surface area contributed by atoms with Crippen LogP contribution >= 0.6 is 0 Å². The summed E-state index contributed by atoms with van der Waals surface area (Å²) in [6.45, 7) is 1.89. The monoisotopic (exact) mass is 237 g/mol. The fourth-order valence-corrected chi connectivity index (χ4v) is 2.92. The first-order valence-corrected chi connectivity index (χ1v) is 6.21. The predicted molar refractivity (Wildman–Crippen MR) is 66.6 cm³/mol. The Kier molecular flexibility index (Phi) is 3.38. The zero-order chi connectivity index (χ0) is 12.5. The lowest BCUT2D eigenvalue weighted by atomic mass is 9.75. The van der Waals surface area contributed by atoms with Crippen LogP contribution in [-0.2, 0) is 5.54 Å². The Balaban J connectivity index is 2.49. The van der Waals surface area contributed by atoms with E-state index in [-0.39, 0.29) is 5.82 Å². The van der Waals surface area contributed by atoms with E-state index in [1.54, 1.807) is 13.2 Å². The van der Waals surface area contributed by atoms with Crippen molar-refractivity contribution in [2.24, 2.45) is 5.73 Å². The van der Waals surface area contributed by atoms with Gasteiger partial charge in [-0.15, -0.1) is 0 Å². The second-order valence-electron chi connectivity index (χ2n) is 4.97. The van der Waals surface area contributed by atoms with Gasteiger partial charge in [-0.05, 0) is 37.5 Å². The van der Waals surface area contributed by atoms with Gasteiger partial charge in [0.25, 0.3) is 0 Å². The fourth-order valence-electron chi connectivity index (χ4n) is 2.92. The number of ether oxygens (including phenoxy) is 1. The van der Waals surface area contributed by atoms with Crippen molar-refractivity contribution in [2.45, 2.75) is 44.6 Å². The summed E-state index contributed by atoms with van der Waals surface area (Å²) in [5, 5.41) is 0. The van der Waals surface area contributed by atoms with E-state index in [2.05, 4.69) is 0 Å². The molecule has 1 aromatic rings. The zero-order valence-electron chi connectivity index (χ0n) is 10.6. The van der Waals surface area contributed by atoms with E-state index >= 15 is 0 Å². The van der Waals surface area contributed by atoms with Gasteiger partial charge < -0.3 is 10.5 Å². The summed E-state index contributed by atoms with van der Waals surface area (Å²) in [4.78, 5) is 0. The molecule has 2 N–H and O–H groups in total. The second-order valence-corrected chi connectivity index (χ2v) is 4.97. The summed E-state index contributed by atoms with van der Waals surface area (Å²) in [6.07, 6.45) is 5.07. The molecule has 1 saturated carbocycles. The van der Waals surface area contributed by atoms with Gasteiger partial charge in [-0.2, -0.15) is 0 Å². The molecule has 0 bridgehead atoms. The highest BCUT2D eigenvalue weighted by Crippen LogP contribution is 2.39. The first-order valence-electron chi connectivity index (χ1n) is 6.21.